The molecule has 2 bridgehead atoms. The molecular formula is C21H23NO6. The SMILES string of the molecule is CC(=O)O[C@@H]1[C@H]2C[C@@H]([C@@H]1OC(C)=O)[C@H]1C(=O)N(c3c(C)cccc3C)C(=O)[C@H]21. The molecule has 1 saturated heterocycles. The number of carbonyl (C=O) groups excluding carboxylic acids is 4. The van der Waals surface area contributed by atoms with E-state index in [4.69, 9.17) is 9.47 Å². The van der Waals surface area contributed by atoms with E-state index in [0.29, 0.717) is 12.1 Å². The van der Waals surface area contributed by atoms with Crippen LogP contribution in [-0.4, -0.2) is 36.0 Å². The monoisotopic (exact) mass is 385 g/mol. The van der Waals surface area contributed by atoms with Crippen LogP contribution in [0, 0.1) is 37.5 Å². The summed E-state index contributed by atoms with van der Waals surface area (Å²) in [6.45, 7) is 6.32. The van der Waals surface area contributed by atoms with Gasteiger partial charge in [-0.2, -0.15) is 0 Å². The molecule has 2 aliphatic carbocycles. The Morgan fingerprint density at radius 1 is 0.893 bits per heavy atom. The second kappa shape index (κ2) is 6.43. The van der Waals surface area contributed by atoms with Gasteiger partial charge >= 0.3 is 11.9 Å². The van der Waals surface area contributed by atoms with Crippen molar-refractivity contribution in [3.05, 3.63) is 29.3 Å². The summed E-state index contributed by atoms with van der Waals surface area (Å²) in [7, 11) is 0. The number of fused-ring (bicyclic) bond motifs is 5. The van der Waals surface area contributed by atoms with Crippen LogP contribution in [0.4, 0.5) is 5.69 Å². The Labute approximate surface area is 163 Å². The minimum atomic E-state index is -0.692. The number of hydrogen-bond donors (Lipinski definition) is 0. The van der Waals surface area contributed by atoms with Crippen molar-refractivity contribution in [2.24, 2.45) is 23.7 Å². The molecule has 1 aromatic rings. The van der Waals surface area contributed by atoms with Crippen molar-refractivity contribution in [2.75, 3.05) is 4.90 Å². The van der Waals surface area contributed by atoms with Gasteiger partial charge in [0.25, 0.3) is 0 Å². The molecule has 1 aromatic carbocycles. The molecule has 7 heteroatoms. The number of rotatable bonds is 3. The molecule has 0 aromatic heterocycles. The minimum absolute atomic E-state index is 0.252. The Bertz CT molecular complexity index is 827. The molecule has 0 spiro atoms. The number of para-hydroxylation sites is 1. The van der Waals surface area contributed by atoms with Crippen molar-refractivity contribution in [3.63, 3.8) is 0 Å². The summed E-state index contributed by atoms with van der Waals surface area (Å²) in [4.78, 5) is 51.1. The minimum Gasteiger partial charge on any atom is -0.458 e. The third-order valence-electron chi connectivity index (χ3n) is 6.30. The molecule has 2 saturated carbocycles. The molecule has 1 aliphatic heterocycles. The van der Waals surface area contributed by atoms with Crippen molar-refractivity contribution < 1.29 is 28.7 Å². The molecule has 4 rings (SSSR count). The first-order valence-electron chi connectivity index (χ1n) is 9.50. The van der Waals surface area contributed by atoms with Gasteiger partial charge in [0, 0.05) is 25.7 Å². The van der Waals surface area contributed by atoms with Gasteiger partial charge in [-0.1, -0.05) is 18.2 Å². The highest BCUT2D eigenvalue weighted by atomic mass is 16.6. The Morgan fingerprint density at radius 3 is 1.71 bits per heavy atom. The van der Waals surface area contributed by atoms with E-state index in [1.807, 2.05) is 32.0 Å². The van der Waals surface area contributed by atoms with Crippen LogP contribution in [0.25, 0.3) is 0 Å². The van der Waals surface area contributed by atoms with Crippen LogP contribution in [0.5, 0.6) is 0 Å². The number of hydrogen-bond acceptors (Lipinski definition) is 6. The van der Waals surface area contributed by atoms with E-state index in [-0.39, 0.29) is 23.7 Å². The fourth-order valence-electron chi connectivity index (χ4n) is 5.46. The lowest BCUT2D eigenvalue weighted by Crippen LogP contribution is -2.47. The number of ether oxygens (including phenoxy) is 2. The van der Waals surface area contributed by atoms with E-state index in [1.54, 1.807) is 0 Å². The molecule has 3 fully saturated rings. The van der Waals surface area contributed by atoms with Gasteiger partial charge in [-0.15, -0.1) is 0 Å². The Morgan fingerprint density at radius 2 is 1.32 bits per heavy atom. The lowest BCUT2D eigenvalue weighted by molar-refractivity contribution is -0.175. The number of amides is 2. The topological polar surface area (TPSA) is 90.0 Å². The van der Waals surface area contributed by atoms with Gasteiger partial charge in [-0.25, -0.2) is 4.90 Å². The first-order chi connectivity index (χ1) is 13.2. The van der Waals surface area contributed by atoms with Crippen LogP contribution >= 0.6 is 0 Å². The average Bonchev–Trinajstić information content (AvgIpc) is 3.20. The van der Waals surface area contributed by atoms with Crippen LogP contribution in [0.1, 0.15) is 31.4 Å². The zero-order valence-corrected chi connectivity index (χ0v) is 16.3. The van der Waals surface area contributed by atoms with Gasteiger partial charge in [0.2, 0.25) is 11.8 Å². The molecule has 0 unspecified atom stereocenters. The molecule has 3 aliphatic rings. The van der Waals surface area contributed by atoms with Gasteiger partial charge in [-0.05, 0) is 31.4 Å². The van der Waals surface area contributed by atoms with Crippen molar-refractivity contribution >= 4 is 29.4 Å². The summed E-state index contributed by atoms with van der Waals surface area (Å²) in [5, 5.41) is 0. The van der Waals surface area contributed by atoms with Crippen LogP contribution in [0.2, 0.25) is 0 Å². The maximum absolute atomic E-state index is 13.3. The van der Waals surface area contributed by atoms with E-state index in [9.17, 15) is 19.2 Å². The fourth-order valence-corrected chi connectivity index (χ4v) is 5.46. The summed E-state index contributed by atoms with van der Waals surface area (Å²) in [5.41, 5.74) is 2.32. The lowest BCUT2D eigenvalue weighted by Gasteiger charge is -2.34. The highest BCUT2D eigenvalue weighted by Crippen LogP contribution is 2.58. The lowest BCUT2D eigenvalue weighted by atomic mass is 9.78. The quantitative estimate of drug-likeness (QED) is 0.583. The number of aryl methyl sites for hydroxylation is 2. The number of esters is 2. The largest absolute Gasteiger partial charge is 0.458 e. The summed E-state index contributed by atoms with van der Waals surface area (Å²) in [5.74, 6) is -3.23. The highest BCUT2D eigenvalue weighted by Gasteiger charge is 2.69. The van der Waals surface area contributed by atoms with Crippen LogP contribution in [-0.2, 0) is 28.7 Å². The van der Waals surface area contributed by atoms with Crippen molar-refractivity contribution in [2.45, 2.75) is 46.3 Å². The van der Waals surface area contributed by atoms with E-state index >= 15 is 0 Å². The summed E-state index contributed by atoms with van der Waals surface area (Å²) in [6, 6.07) is 5.63. The van der Waals surface area contributed by atoms with E-state index in [2.05, 4.69) is 0 Å². The third-order valence-corrected chi connectivity index (χ3v) is 6.30. The zero-order valence-electron chi connectivity index (χ0n) is 16.3. The van der Waals surface area contributed by atoms with Crippen LogP contribution < -0.4 is 4.90 Å². The number of nitrogens with zero attached hydrogens (tertiary/aromatic N) is 1. The molecule has 2 amide bonds. The molecule has 6 atom stereocenters. The predicted molar refractivity (Wildman–Crippen MR) is 98.1 cm³/mol. The van der Waals surface area contributed by atoms with Gasteiger partial charge < -0.3 is 9.47 Å². The van der Waals surface area contributed by atoms with E-state index < -0.39 is 36.0 Å². The standard InChI is InChI=1S/C21H23NO6/c1-9-6-5-7-10(2)17(9)22-20(25)15-13-8-14(16(15)21(22)26)19(28-12(4)24)18(13)27-11(3)23/h5-7,13-16,18-19H,8H2,1-4H3/t13-,14+,15-,16-,18+,19-/m1/s1. The maximum atomic E-state index is 13.3. The molecule has 28 heavy (non-hydrogen) atoms. The number of anilines is 1. The van der Waals surface area contributed by atoms with Gasteiger partial charge in [-0.3, -0.25) is 19.2 Å². The van der Waals surface area contributed by atoms with Crippen molar-refractivity contribution in [1.82, 2.24) is 0 Å². The fraction of sp³-hybridized carbons (Fsp3) is 0.524. The highest BCUT2D eigenvalue weighted by molar-refractivity contribution is 6.23. The molecule has 1 heterocycles. The molecule has 0 radical (unpaired) electrons. The van der Waals surface area contributed by atoms with Crippen LogP contribution in [0.3, 0.4) is 0 Å². The second-order valence-corrected chi connectivity index (χ2v) is 8.02. The zero-order chi connectivity index (χ0) is 20.3. The maximum Gasteiger partial charge on any atom is 0.303 e. The summed E-state index contributed by atoms with van der Waals surface area (Å²) >= 11 is 0. The Hall–Kier alpha value is -2.70. The predicted octanol–water partition coefficient (Wildman–Crippen LogP) is 1.92. The van der Waals surface area contributed by atoms with E-state index in [0.717, 1.165) is 11.1 Å². The summed E-state index contributed by atoms with van der Waals surface area (Å²) < 4.78 is 10.9. The number of benzene rings is 1. The van der Waals surface area contributed by atoms with Crippen LogP contribution in [0.15, 0.2) is 18.2 Å². The molecule has 148 valence electrons. The van der Waals surface area contributed by atoms with E-state index in [1.165, 1.54) is 18.7 Å². The van der Waals surface area contributed by atoms with Gasteiger partial charge in [0.15, 0.2) is 0 Å². The summed E-state index contributed by atoms with van der Waals surface area (Å²) in [6.07, 6.45) is -0.854. The number of imide groups is 1. The van der Waals surface area contributed by atoms with Crippen molar-refractivity contribution in [1.29, 1.82) is 0 Å². The molecule has 7 nitrogen and oxygen atoms in total. The smallest absolute Gasteiger partial charge is 0.303 e. The first kappa shape index (κ1) is 18.7. The molecule has 0 N–H and O–H groups in total. The second-order valence-electron chi connectivity index (χ2n) is 8.02. The average molecular weight is 385 g/mol. The Kier molecular flexibility index (Phi) is 4.28. The first-order valence-corrected chi connectivity index (χ1v) is 9.50. The van der Waals surface area contributed by atoms with Crippen molar-refractivity contribution in [3.8, 4) is 0 Å². The Balaban J connectivity index is 1.73. The normalized spacial score (nSPS) is 33.2. The van der Waals surface area contributed by atoms with Gasteiger partial charge in [0.1, 0.15) is 12.2 Å². The van der Waals surface area contributed by atoms with Gasteiger partial charge in [0.05, 0.1) is 17.5 Å². The molecular weight excluding hydrogens is 362 g/mol. The number of carbonyl (C=O) groups is 4. The third kappa shape index (κ3) is 2.56.